The average molecular weight is 336 g/mol. The van der Waals surface area contributed by atoms with Gasteiger partial charge in [0.25, 0.3) is 0 Å². The molecule has 0 unspecified atom stereocenters. The third-order valence-corrected chi connectivity index (χ3v) is 5.51. The number of fused-ring (bicyclic) bond motifs is 4. The van der Waals surface area contributed by atoms with Gasteiger partial charge in [-0.25, -0.2) is 0 Å². The minimum absolute atomic E-state index is 0.00528. The van der Waals surface area contributed by atoms with E-state index in [1.807, 2.05) is 6.07 Å². The van der Waals surface area contributed by atoms with Crippen molar-refractivity contribution in [1.82, 2.24) is 0 Å². The lowest BCUT2D eigenvalue weighted by Crippen LogP contribution is -2.14. The summed E-state index contributed by atoms with van der Waals surface area (Å²) in [4.78, 5) is 0. The average Bonchev–Trinajstić information content (AvgIpc) is 2.89. The minimum atomic E-state index is -0.00528. The Morgan fingerprint density at radius 2 is 1.23 bits per heavy atom. The highest BCUT2D eigenvalue weighted by molar-refractivity contribution is 5.84. The van der Waals surface area contributed by atoms with Crippen molar-refractivity contribution in [2.75, 3.05) is 0 Å². The second-order valence-corrected chi connectivity index (χ2v) is 7.49. The summed E-state index contributed by atoms with van der Waals surface area (Å²) in [6, 6.07) is 29.8. The van der Waals surface area contributed by atoms with Crippen LogP contribution in [0.1, 0.15) is 25.0 Å². The van der Waals surface area contributed by atoms with E-state index in [4.69, 9.17) is 4.74 Å². The zero-order valence-electron chi connectivity index (χ0n) is 15.0. The molecule has 5 rings (SSSR count). The maximum absolute atomic E-state index is 6.20. The predicted octanol–water partition coefficient (Wildman–Crippen LogP) is 6.94. The van der Waals surface area contributed by atoms with Crippen LogP contribution in [0.3, 0.4) is 0 Å². The second kappa shape index (κ2) is 5.47. The van der Waals surface area contributed by atoms with Crippen LogP contribution in [0, 0.1) is 0 Å². The molecule has 0 saturated carbocycles. The summed E-state index contributed by atoms with van der Waals surface area (Å²) in [6.07, 6.45) is 0. The molecule has 0 aliphatic heterocycles. The SMILES string of the molecule is CC1(C)c2ccccc2-c2ccc(Oc3ccc4ccccc4c3)cc21. The summed E-state index contributed by atoms with van der Waals surface area (Å²) in [5, 5.41) is 2.42. The van der Waals surface area contributed by atoms with Crippen LogP contribution in [0.25, 0.3) is 21.9 Å². The van der Waals surface area contributed by atoms with E-state index in [1.54, 1.807) is 0 Å². The molecule has 1 heteroatoms. The van der Waals surface area contributed by atoms with Crippen LogP contribution in [0.5, 0.6) is 11.5 Å². The van der Waals surface area contributed by atoms with E-state index in [-0.39, 0.29) is 5.41 Å². The van der Waals surface area contributed by atoms with Gasteiger partial charge in [0.2, 0.25) is 0 Å². The fourth-order valence-electron chi connectivity index (χ4n) is 4.11. The summed E-state index contributed by atoms with van der Waals surface area (Å²) in [5.74, 6) is 1.76. The smallest absolute Gasteiger partial charge is 0.128 e. The van der Waals surface area contributed by atoms with E-state index in [9.17, 15) is 0 Å². The van der Waals surface area contributed by atoms with E-state index in [0.717, 1.165) is 11.5 Å². The molecule has 4 aromatic carbocycles. The first-order chi connectivity index (χ1) is 12.6. The highest BCUT2D eigenvalue weighted by Gasteiger charge is 2.35. The van der Waals surface area contributed by atoms with Crippen molar-refractivity contribution < 1.29 is 4.74 Å². The van der Waals surface area contributed by atoms with E-state index in [0.29, 0.717) is 0 Å². The number of hydrogen-bond donors (Lipinski definition) is 0. The molecule has 0 bridgehead atoms. The van der Waals surface area contributed by atoms with Gasteiger partial charge in [-0.1, -0.05) is 74.5 Å². The number of rotatable bonds is 2. The zero-order valence-corrected chi connectivity index (χ0v) is 15.0. The van der Waals surface area contributed by atoms with E-state index in [2.05, 4.69) is 92.7 Å². The molecule has 0 fully saturated rings. The number of hydrogen-bond acceptors (Lipinski definition) is 1. The summed E-state index contributed by atoms with van der Waals surface area (Å²) < 4.78 is 6.20. The van der Waals surface area contributed by atoms with Gasteiger partial charge in [-0.2, -0.15) is 0 Å². The lowest BCUT2D eigenvalue weighted by atomic mass is 9.82. The molecular formula is C25H20O. The van der Waals surface area contributed by atoms with Crippen LogP contribution < -0.4 is 4.74 Å². The Hall–Kier alpha value is -3.06. The molecule has 1 aliphatic carbocycles. The van der Waals surface area contributed by atoms with Crippen molar-refractivity contribution in [3.8, 4) is 22.6 Å². The van der Waals surface area contributed by atoms with Gasteiger partial charge < -0.3 is 4.74 Å². The number of ether oxygens (including phenoxy) is 1. The fourth-order valence-corrected chi connectivity index (χ4v) is 4.11. The highest BCUT2D eigenvalue weighted by atomic mass is 16.5. The molecule has 0 amide bonds. The number of benzene rings is 4. The Bertz CT molecular complexity index is 1140. The van der Waals surface area contributed by atoms with Gasteiger partial charge in [0.15, 0.2) is 0 Å². The standard InChI is InChI=1S/C25H20O/c1-25(2)23-10-6-5-9-21(23)22-14-13-20(16-24(22)25)26-19-12-11-17-7-3-4-8-18(17)15-19/h3-16H,1-2H3. The van der Waals surface area contributed by atoms with E-state index < -0.39 is 0 Å². The summed E-state index contributed by atoms with van der Waals surface area (Å²) in [5.41, 5.74) is 5.37. The van der Waals surface area contributed by atoms with Gasteiger partial charge in [0, 0.05) is 5.41 Å². The molecule has 0 aromatic heterocycles. The van der Waals surface area contributed by atoms with Crippen LogP contribution in [0.15, 0.2) is 84.9 Å². The Morgan fingerprint density at radius 3 is 2.12 bits per heavy atom. The van der Waals surface area contributed by atoms with Gasteiger partial charge in [-0.3, -0.25) is 0 Å². The molecular weight excluding hydrogens is 316 g/mol. The fraction of sp³-hybridized carbons (Fsp3) is 0.120. The predicted molar refractivity (Wildman–Crippen MR) is 108 cm³/mol. The van der Waals surface area contributed by atoms with Gasteiger partial charge in [0.1, 0.15) is 11.5 Å². The lowest BCUT2D eigenvalue weighted by Gasteiger charge is -2.21. The van der Waals surface area contributed by atoms with Crippen LogP contribution in [0.4, 0.5) is 0 Å². The lowest BCUT2D eigenvalue weighted by molar-refractivity contribution is 0.481. The molecule has 1 aliphatic rings. The third-order valence-electron chi connectivity index (χ3n) is 5.51. The minimum Gasteiger partial charge on any atom is -0.457 e. The van der Waals surface area contributed by atoms with Crippen LogP contribution >= 0.6 is 0 Å². The molecule has 0 spiro atoms. The van der Waals surface area contributed by atoms with Crippen molar-refractivity contribution in [3.63, 3.8) is 0 Å². The highest BCUT2D eigenvalue weighted by Crippen LogP contribution is 2.49. The van der Waals surface area contributed by atoms with Gasteiger partial charge in [0.05, 0.1) is 0 Å². The quantitative estimate of drug-likeness (QED) is 0.385. The molecule has 26 heavy (non-hydrogen) atoms. The Balaban J connectivity index is 1.55. The topological polar surface area (TPSA) is 9.23 Å². The molecule has 0 saturated heterocycles. The molecule has 126 valence electrons. The monoisotopic (exact) mass is 336 g/mol. The molecule has 4 aromatic rings. The van der Waals surface area contributed by atoms with Gasteiger partial charge in [-0.05, 0) is 57.3 Å². The van der Waals surface area contributed by atoms with Crippen molar-refractivity contribution in [1.29, 1.82) is 0 Å². The third kappa shape index (κ3) is 2.24. The maximum Gasteiger partial charge on any atom is 0.128 e. The Labute approximate surface area is 153 Å². The molecule has 1 nitrogen and oxygen atoms in total. The van der Waals surface area contributed by atoms with Crippen LogP contribution in [0.2, 0.25) is 0 Å². The molecule has 0 heterocycles. The first-order valence-electron chi connectivity index (χ1n) is 9.04. The van der Waals surface area contributed by atoms with Crippen LogP contribution in [-0.2, 0) is 5.41 Å². The van der Waals surface area contributed by atoms with Gasteiger partial charge in [-0.15, -0.1) is 0 Å². The summed E-state index contributed by atoms with van der Waals surface area (Å²) >= 11 is 0. The van der Waals surface area contributed by atoms with E-state index in [1.165, 1.54) is 33.0 Å². The first-order valence-corrected chi connectivity index (χ1v) is 9.04. The van der Waals surface area contributed by atoms with Crippen LogP contribution in [-0.4, -0.2) is 0 Å². The molecule has 0 atom stereocenters. The Morgan fingerprint density at radius 1 is 0.577 bits per heavy atom. The Kier molecular flexibility index (Phi) is 3.20. The van der Waals surface area contributed by atoms with Gasteiger partial charge >= 0.3 is 0 Å². The largest absolute Gasteiger partial charge is 0.457 e. The first kappa shape index (κ1) is 15.2. The maximum atomic E-state index is 6.20. The second-order valence-electron chi connectivity index (χ2n) is 7.49. The molecule has 0 N–H and O–H groups in total. The van der Waals surface area contributed by atoms with Crippen molar-refractivity contribution >= 4 is 10.8 Å². The zero-order chi connectivity index (χ0) is 17.7. The van der Waals surface area contributed by atoms with Crippen molar-refractivity contribution in [2.24, 2.45) is 0 Å². The molecule has 0 radical (unpaired) electrons. The van der Waals surface area contributed by atoms with Crippen molar-refractivity contribution in [3.05, 3.63) is 96.1 Å². The normalized spacial score (nSPS) is 14.1. The summed E-state index contributed by atoms with van der Waals surface area (Å²) in [7, 11) is 0. The van der Waals surface area contributed by atoms with Crippen molar-refractivity contribution in [2.45, 2.75) is 19.3 Å². The summed E-state index contributed by atoms with van der Waals surface area (Å²) in [6.45, 7) is 4.58. The van der Waals surface area contributed by atoms with E-state index >= 15 is 0 Å².